The number of anilines is 3. The Balaban J connectivity index is 1.82. The third-order valence-corrected chi connectivity index (χ3v) is 4.08. The molecule has 7 nitrogen and oxygen atoms in total. The fourth-order valence-electron chi connectivity index (χ4n) is 2.98. The van der Waals surface area contributed by atoms with Gasteiger partial charge in [0.05, 0.1) is 31.1 Å². The van der Waals surface area contributed by atoms with Crippen LogP contribution in [0, 0.1) is 0 Å². The molecule has 0 unspecified atom stereocenters. The van der Waals surface area contributed by atoms with Gasteiger partial charge in [-0.1, -0.05) is 12.1 Å². The molecule has 4 rings (SSSR count). The first kappa shape index (κ1) is 9.38. The summed E-state index contributed by atoms with van der Waals surface area (Å²) in [4.78, 5) is 17.7. The minimum absolute atomic E-state index is 0.0231. The van der Waals surface area contributed by atoms with E-state index in [4.69, 9.17) is 11.0 Å². The van der Waals surface area contributed by atoms with E-state index in [1.54, 1.807) is 18.2 Å². The maximum atomic E-state index is 12.5. The van der Waals surface area contributed by atoms with Gasteiger partial charge in [-0.05, 0) is 12.1 Å². The first-order chi connectivity index (χ1) is 15.7. The second kappa shape index (κ2) is 6.18. The van der Waals surface area contributed by atoms with Gasteiger partial charge in [-0.15, -0.1) is 0 Å². The van der Waals surface area contributed by atoms with Gasteiger partial charge in [0.1, 0.15) is 0 Å². The summed E-state index contributed by atoms with van der Waals surface area (Å²) >= 11 is 0. The molecule has 1 aromatic carbocycles. The van der Waals surface area contributed by atoms with Crippen molar-refractivity contribution >= 4 is 23.0 Å². The Kier molecular flexibility index (Phi) is 2.23. The van der Waals surface area contributed by atoms with E-state index in [1.165, 1.54) is 36.6 Å². The lowest BCUT2D eigenvalue weighted by Crippen LogP contribution is -2.23. The second-order valence-electron chi connectivity index (χ2n) is 5.71. The molecule has 1 amide bonds. The maximum absolute atomic E-state index is 12.5. The number of hydrogen-bond donors (Lipinski definition) is 2. The zero-order valence-electron chi connectivity index (χ0n) is 21.7. The van der Waals surface area contributed by atoms with E-state index in [0.717, 1.165) is 4.68 Å². The van der Waals surface area contributed by atoms with Crippen molar-refractivity contribution in [3.8, 4) is 11.3 Å². The number of nitrogens with zero attached hydrogens (tertiary/aromatic N) is 4. The molecule has 2 aromatic heterocycles. The molecule has 0 saturated carbocycles. The number of carbonyl (C=O) groups is 1. The van der Waals surface area contributed by atoms with Gasteiger partial charge in [-0.25, -0.2) is 0 Å². The lowest BCUT2D eigenvalue weighted by molar-refractivity contribution is 0.0963. The van der Waals surface area contributed by atoms with Crippen LogP contribution in [0.4, 0.5) is 17.1 Å². The van der Waals surface area contributed by atoms with E-state index in [2.05, 4.69) is 15.4 Å². The van der Waals surface area contributed by atoms with Crippen molar-refractivity contribution in [3.63, 3.8) is 0 Å². The van der Waals surface area contributed by atoms with Crippen molar-refractivity contribution in [3.05, 3.63) is 54.0 Å². The van der Waals surface area contributed by atoms with Crippen LogP contribution < -0.4 is 15.5 Å². The summed E-state index contributed by atoms with van der Waals surface area (Å²) in [5, 5.41) is 9.14. The zero-order valence-corrected chi connectivity index (χ0v) is 13.7. The smallest absolute Gasteiger partial charge is 0.254 e. The maximum Gasteiger partial charge on any atom is 0.254 e. The lowest BCUT2D eigenvalue weighted by atomic mass is 9.99. The highest BCUT2D eigenvalue weighted by Gasteiger charge is 2.25. The van der Waals surface area contributed by atoms with E-state index in [1.807, 2.05) is 5.32 Å². The number of amides is 1. The van der Waals surface area contributed by atoms with Gasteiger partial charge in [0, 0.05) is 65.4 Å². The molecule has 0 bridgehead atoms. The number of aromatic nitrogens is 3. The Bertz CT molecular complexity index is 1270. The summed E-state index contributed by atoms with van der Waals surface area (Å²) in [5.74, 6) is -0.859. The van der Waals surface area contributed by atoms with Gasteiger partial charge in [0.15, 0.2) is 0 Å². The highest BCUT2D eigenvalue weighted by atomic mass is 16.1. The number of pyridine rings is 1. The number of para-hydroxylation sites is 1. The molecule has 7 heteroatoms. The van der Waals surface area contributed by atoms with Crippen LogP contribution >= 0.6 is 0 Å². The largest absolute Gasteiger partial charge is 0.368 e. The predicted molar refractivity (Wildman–Crippen MR) is 102 cm³/mol. The highest BCUT2D eigenvalue weighted by molar-refractivity contribution is 6.01. The van der Waals surface area contributed by atoms with Gasteiger partial charge in [0.2, 0.25) is 0 Å². The molecule has 2 N–H and O–H groups in total. The van der Waals surface area contributed by atoms with Crippen molar-refractivity contribution in [1.82, 2.24) is 20.1 Å². The first-order valence-electron chi connectivity index (χ1n) is 11.7. The fourth-order valence-corrected chi connectivity index (χ4v) is 2.98. The van der Waals surface area contributed by atoms with Crippen molar-refractivity contribution in [2.45, 2.75) is 6.50 Å². The number of carbonyl (C=O) groups excluding carboxylic acids is 1. The molecule has 1 aliphatic heterocycles. The third-order valence-electron chi connectivity index (χ3n) is 4.08. The van der Waals surface area contributed by atoms with Crippen LogP contribution in [0.15, 0.2) is 42.9 Å². The predicted octanol–water partition coefficient (Wildman–Crippen LogP) is 2.54. The molecule has 26 heavy (non-hydrogen) atoms. The Morgan fingerprint density at radius 3 is 3.12 bits per heavy atom. The molecule has 132 valence electrons. The van der Waals surface area contributed by atoms with Crippen LogP contribution in [0.3, 0.4) is 0 Å². The second-order valence-corrected chi connectivity index (χ2v) is 5.71. The SMILES string of the molecule is [2H]C([2H])([2H])NC(=O)c1cnccc1Nc1cccc2c1N(C)C([2H])([2H])c1cn(C([2H])([2H])[2H])nc1-2. The number of rotatable bonds is 3. The van der Waals surface area contributed by atoms with Crippen molar-refractivity contribution in [2.75, 3.05) is 24.2 Å². The summed E-state index contributed by atoms with van der Waals surface area (Å²) < 4.78 is 62.8. The van der Waals surface area contributed by atoms with Crippen molar-refractivity contribution < 1.29 is 15.8 Å². The Morgan fingerprint density at radius 1 is 1.35 bits per heavy atom. The summed E-state index contributed by atoms with van der Waals surface area (Å²) in [6, 6.07) is 6.51. The van der Waals surface area contributed by atoms with Crippen molar-refractivity contribution in [1.29, 1.82) is 0 Å². The number of benzene rings is 1. The van der Waals surface area contributed by atoms with Crippen LogP contribution in [-0.2, 0) is 13.5 Å². The fraction of sp³-hybridized carbons (Fsp3) is 0.211. The molecule has 0 spiro atoms. The third kappa shape index (κ3) is 2.57. The quantitative estimate of drug-likeness (QED) is 0.754. The van der Waals surface area contributed by atoms with Gasteiger partial charge in [0.25, 0.3) is 5.91 Å². The molecule has 3 heterocycles. The van der Waals surface area contributed by atoms with Gasteiger partial charge in [-0.2, -0.15) is 5.10 Å². The number of hydrogen-bond acceptors (Lipinski definition) is 5. The average molecular weight is 356 g/mol. The Hall–Kier alpha value is -3.35. The normalized spacial score (nSPS) is 19.8. The molecule has 0 fully saturated rings. The molecule has 0 saturated heterocycles. The molecule has 1 aliphatic rings. The molecular weight excluding hydrogens is 328 g/mol. The van der Waals surface area contributed by atoms with Gasteiger partial charge < -0.3 is 15.5 Å². The van der Waals surface area contributed by atoms with E-state index in [-0.39, 0.29) is 22.5 Å². The zero-order chi connectivity index (χ0) is 25.1. The van der Waals surface area contributed by atoms with Gasteiger partial charge in [-0.3, -0.25) is 14.5 Å². The van der Waals surface area contributed by atoms with Gasteiger partial charge >= 0.3 is 0 Å². The van der Waals surface area contributed by atoms with E-state index >= 15 is 0 Å². The molecule has 3 aromatic rings. The summed E-state index contributed by atoms with van der Waals surface area (Å²) in [5.41, 5.74) is 1.79. The van der Waals surface area contributed by atoms with E-state index in [9.17, 15) is 4.79 Å². The van der Waals surface area contributed by atoms with Crippen LogP contribution in [0.2, 0.25) is 0 Å². The number of nitrogens with one attached hydrogen (secondary N) is 2. The first-order valence-corrected chi connectivity index (χ1v) is 7.71. The van der Waals surface area contributed by atoms with Crippen LogP contribution in [0.1, 0.15) is 26.9 Å². The molecule has 0 aliphatic carbocycles. The van der Waals surface area contributed by atoms with E-state index < -0.39 is 26.4 Å². The number of aryl methyl sites for hydroxylation is 1. The standard InChI is InChI=1S/C19H20N6O/c1-20-19(26)14-9-21-8-7-15(14)22-16-6-4-5-13-17-12(11-25(3)23-17)10-24(2)18(13)16/h4-9,11H,10H2,1-3H3,(H,20,26)(H,21,22)/i1D3,3D3,10D2. The van der Waals surface area contributed by atoms with Crippen LogP contribution in [0.5, 0.6) is 0 Å². The Labute approximate surface area is 162 Å². The molecular formula is C19H20N6O. The summed E-state index contributed by atoms with van der Waals surface area (Å²) in [6.45, 7) is -7.36. The highest BCUT2D eigenvalue weighted by Crippen LogP contribution is 2.43. The van der Waals surface area contributed by atoms with Crippen LogP contribution in [0.25, 0.3) is 11.3 Å². The minimum atomic E-state index is -2.69. The van der Waals surface area contributed by atoms with Crippen molar-refractivity contribution in [2.24, 2.45) is 6.98 Å². The minimum Gasteiger partial charge on any atom is -0.368 e. The lowest BCUT2D eigenvalue weighted by Gasteiger charge is -2.29. The molecule has 0 radical (unpaired) electrons. The summed E-state index contributed by atoms with van der Waals surface area (Å²) in [7, 11) is 1.52. The topological polar surface area (TPSA) is 75.1 Å². The Morgan fingerprint density at radius 2 is 2.27 bits per heavy atom. The monoisotopic (exact) mass is 356 g/mol. The number of fused-ring (bicyclic) bond motifs is 3. The van der Waals surface area contributed by atoms with Crippen LogP contribution in [-0.4, -0.2) is 34.7 Å². The average Bonchev–Trinajstić information content (AvgIpc) is 3.19. The summed E-state index contributed by atoms with van der Waals surface area (Å²) in [6.07, 6.45) is 3.82. The molecule has 0 atom stereocenters. The van der Waals surface area contributed by atoms with E-state index in [0.29, 0.717) is 16.9 Å².